The number of aliphatic hydroxyl groups is 1. The summed E-state index contributed by atoms with van der Waals surface area (Å²) in [7, 11) is 0. The number of amides is 1. The molecule has 5 heteroatoms. The van der Waals surface area contributed by atoms with Gasteiger partial charge in [0.25, 0.3) is 5.91 Å². The van der Waals surface area contributed by atoms with E-state index in [4.69, 9.17) is 0 Å². The van der Waals surface area contributed by atoms with Gasteiger partial charge in [-0.05, 0) is 30.9 Å². The SMILES string of the molecule is CCC(C)NC(=O)c1ccccc1N=CC1=C(O)CC(C)(C)CC1=O. The van der Waals surface area contributed by atoms with E-state index in [0.717, 1.165) is 6.42 Å². The molecule has 2 rings (SSSR count). The molecule has 1 aromatic rings. The molecule has 0 saturated carbocycles. The van der Waals surface area contributed by atoms with Crippen LogP contribution < -0.4 is 5.32 Å². The number of nitrogens with zero attached hydrogens (tertiary/aromatic N) is 1. The van der Waals surface area contributed by atoms with Crippen molar-refractivity contribution < 1.29 is 14.7 Å². The van der Waals surface area contributed by atoms with Crippen molar-refractivity contribution in [3.05, 3.63) is 41.2 Å². The minimum atomic E-state index is -0.243. The Bertz CT molecular complexity index is 732. The van der Waals surface area contributed by atoms with Crippen molar-refractivity contribution in [2.45, 2.75) is 53.0 Å². The molecule has 0 fully saturated rings. The summed E-state index contributed by atoms with van der Waals surface area (Å²) >= 11 is 0. The fraction of sp³-hybridized carbons (Fsp3) is 0.450. The van der Waals surface area contributed by atoms with Crippen LogP contribution in [-0.2, 0) is 4.79 Å². The van der Waals surface area contributed by atoms with Crippen LogP contribution in [0.3, 0.4) is 0 Å². The number of ketones is 1. The second-order valence-electron chi connectivity index (χ2n) is 7.36. The third-order valence-corrected chi connectivity index (χ3v) is 4.37. The zero-order valence-corrected chi connectivity index (χ0v) is 15.3. The zero-order valence-electron chi connectivity index (χ0n) is 15.3. The number of para-hydroxylation sites is 1. The Morgan fingerprint density at radius 1 is 1.36 bits per heavy atom. The highest BCUT2D eigenvalue weighted by molar-refractivity contribution is 6.15. The summed E-state index contributed by atoms with van der Waals surface area (Å²) in [4.78, 5) is 29.0. The summed E-state index contributed by atoms with van der Waals surface area (Å²) in [5.74, 6) is -0.262. The second kappa shape index (κ2) is 7.64. The van der Waals surface area contributed by atoms with Crippen molar-refractivity contribution >= 4 is 23.6 Å². The molecule has 1 atom stereocenters. The summed E-state index contributed by atoms with van der Waals surface area (Å²) in [5.41, 5.74) is 0.910. The lowest BCUT2D eigenvalue weighted by atomic mass is 9.77. The van der Waals surface area contributed by atoms with E-state index in [1.54, 1.807) is 24.3 Å². The van der Waals surface area contributed by atoms with Gasteiger partial charge >= 0.3 is 0 Å². The number of benzene rings is 1. The molecule has 1 aliphatic carbocycles. The maximum atomic E-state index is 12.4. The average Bonchev–Trinajstić information content (AvgIpc) is 2.53. The maximum absolute atomic E-state index is 12.4. The molecule has 0 aliphatic heterocycles. The first-order chi connectivity index (χ1) is 11.7. The van der Waals surface area contributed by atoms with Gasteiger partial charge in [0, 0.05) is 25.1 Å². The first-order valence-corrected chi connectivity index (χ1v) is 8.63. The third-order valence-electron chi connectivity index (χ3n) is 4.37. The number of hydrogen-bond donors (Lipinski definition) is 2. The molecular weight excluding hydrogens is 316 g/mol. The molecule has 1 aromatic carbocycles. The molecule has 2 N–H and O–H groups in total. The lowest BCUT2D eigenvalue weighted by Gasteiger charge is -2.28. The predicted octanol–water partition coefficient (Wildman–Crippen LogP) is 4.12. The molecule has 25 heavy (non-hydrogen) atoms. The minimum absolute atomic E-state index is 0.0616. The van der Waals surface area contributed by atoms with E-state index >= 15 is 0 Å². The number of carbonyl (C=O) groups excluding carboxylic acids is 2. The van der Waals surface area contributed by atoms with Crippen LogP contribution in [0.1, 0.15) is 57.3 Å². The van der Waals surface area contributed by atoms with Crippen molar-refractivity contribution in [2.24, 2.45) is 10.4 Å². The highest BCUT2D eigenvalue weighted by Gasteiger charge is 2.32. The van der Waals surface area contributed by atoms with E-state index in [-0.39, 0.29) is 34.5 Å². The quantitative estimate of drug-likeness (QED) is 0.790. The highest BCUT2D eigenvalue weighted by atomic mass is 16.3. The lowest BCUT2D eigenvalue weighted by Crippen LogP contribution is -2.31. The molecule has 134 valence electrons. The summed E-state index contributed by atoms with van der Waals surface area (Å²) in [5, 5.41) is 13.1. The van der Waals surface area contributed by atoms with E-state index in [1.807, 2.05) is 27.7 Å². The molecule has 1 unspecified atom stereocenters. The zero-order chi connectivity index (χ0) is 18.6. The first kappa shape index (κ1) is 18.9. The van der Waals surface area contributed by atoms with Gasteiger partial charge in [-0.3, -0.25) is 14.6 Å². The van der Waals surface area contributed by atoms with Gasteiger partial charge in [-0.25, -0.2) is 0 Å². The largest absolute Gasteiger partial charge is 0.511 e. The number of aliphatic imine (C=N–C) groups is 1. The number of allylic oxidation sites excluding steroid dienone is 2. The monoisotopic (exact) mass is 342 g/mol. The topological polar surface area (TPSA) is 78.8 Å². The molecule has 0 saturated heterocycles. The number of aliphatic hydroxyl groups excluding tert-OH is 1. The van der Waals surface area contributed by atoms with Crippen molar-refractivity contribution in [3.8, 4) is 0 Å². The van der Waals surface area contributed by atoms with Crippen LogP contribution in [0.15, 0.2) is 40.6 Å². The molecule has 0 heterocycles. The molecule has 0 bridgehead atoms. The molecule has 5 nitrogen and oxygen atoms in total. The van der Waals surface area contributed by atoms with Crippen LogP contribution in [-0.4, -0.2) is 29.1 Å². The number of Topliss-reactive ketones (excluding diaryl/α,β-unsaturated/α-hetero) is 1. The Labute approximate surface area is 148 Å². The van der Waals surface area contributed by atoms with E-state index in [1.165, 1.54) is 6.21 Å². The highest BCUT2D eigenvalue weighted by Crippen LogP contribution is 2.35. The standard InChI is InChI=1S/C20H26N2O3/c1-5-13(2)22-19(25)14-8-6-7-9-16(14)21-12-15-17(23)10-20(3,4)11-18(15)24/h6-9,12-13,23H,5,10-11H2,1-4H3,(H,22,25). The van der Waals surface area contributed by atoms with Gasteiger partial charge in [0.2, 0.25) is 0 Å². The second-order valence-corrected chi connectivity index (χ2v) is 7.36. The van der Waals surface area contributed by atoms with E-state index < -0.39 is 0 Å². The molecule has 0 spiro atoms. The Morgan fingerprint density at radius 3 is 2.68 bits per heavy atom. The predicted molar refractivity (Wildman–Crippen MR) is 99.5 cm³/mol. The Morgan fingerprint density at radius 2 is 2.04 bits per heavy atom. The molecular formula is C20H26N2O3. The van der Waals surface area contributed by atoms with Crippen molar-refractivity contribution in [3.63, 3.8) is 0 Å². The third kappa shape index (κ3) is 4.78. The fourth-order valence-corrected chi connectivity index (χ4v) is 2.76. The van der Waals surface area contributed by atoms with E-state index in [0.29, 0.717) is 24.1 Å². The van der Waals surface area contributed by atoms with Crippen LogP contribution in [0, 0.1) is 5.41 Å². The molecule has 1 amide bonds. The Hall–Kier alpha value is -2.43. The van der Waals surface area contributed by atoms with Gasteiger partial charge < -0.3 is 10.4 Å². The number of rotatable bonds is 5. The summed E-state index contributed by atoms with van der Waals surface area (Å²) in [6, 6.07) is 7.04. The minimum Gasteiger partial charge on any atom is -0.511 e. The maximum Gasteiger partial charge on any atom is 0.253 e. The number of carbonyl (C=O) groups is 2. The van der Waals surface area contributed by atoms with Crippen molar-refractivity contribution in [1.29, 1.82) is 0 Å². The van der Waals surface area contributed by atoms with Crippen molar-refractivity contribution in [1.82, 2.24) is 5.32 Å². The Kier molecular flexibility index (Phi) is 5.77. The van der Waals surface area contributed by atoms with Crippen LogP contribution in [0.25, 0.3) is 0 Å². The number of hydrogen-bond acceptors (Lipinski definition) is 4. The van der Waals surface area contributed by atoms with Gasteiger partial charge in [-0.2, -0.15) is 0 Å². The van der Waals surface area contributed by atoms with Crippen molar-refractivity contribution in [2.75, 3.05) is 0 Å². The number of nitrogens with one attached hydrogen (secondary N) is 1. The first-order valence-electron chi connectivity index (χ1n) is 8.63. The van der Waals surface area contributed by atoms with Gasteiger partial charge in [-0.15, -0.1) is 0 Å². The average molecular weight is 342 g/mol. The molecule has 0 aromatic heterocycles. The molecule has 1 aliphatic rings. The molecule has 0 radical (unpaired) electrons. The van der Waals surface area contributed by atoms with Crippen LogP contribution in [0.2, 0.25) is 0 Å². The smallest absolute Gasteiger partial charge is 0.253 e. The van der Waals surface area contributed by atoms with Crippen LogP contribution in [0.5, 0.6) is 0 Å². The van der Waals surface area contributed by atoms with Gasteiger partial charge in [0.1, 0.15) is 5.76 Å². The lowest BCUT2D eigenvalue weighted by molar-refractivity contribution is -0.117. The summed E-state index contributed by atoms with van der Waals surface area (Å²) < 4.78 is 0. The normalized spacial score (nSPS) is 18.5. The summed E-state index contributed by atoms with van der Waals surface area (Å²) in [6.45, 7) is 7.84. The van der Waals surface area contributed by atoms with Crippen LogP contribution >= 0.6 is 0 Å². The van der Waals surface area contributed by atoms with E-state index in [2.05, 4.69) is 10.3 Å². The van der Waals surface area contributed by atoms with E-state index in [9.17, 15) is 14.7 Å². The van der Waals surface area contributed by atoms with Gasteiger partial charge in [0.15, 0.2) is 5.78 Å². The fourth-order valence-electron chi connectivity index (χ4n) is 2.76. The van der Waals surface area contributed by atoms with Crippen LogP contribution in [0.4, 0.5) is 5.69 Å². The Balaban J connectivity index is 2.28. The van der Waals surface area contributed by atoms with Gasteiger partial charge in [0.05, 0.1) is 16.8 Å². The summed E-state index contributed by atoms with van der Waals surface area (Å²) in [6.07, 6.45) is 3.02. The van der Waals surface area contributed by atoms with Gasteiger partial charge in [-0.1, -0.05) is 32.9 Å².